The van der Waals surface area contributed by atoms with Crippen molar-refractivity contribution in [3.05, 3.63) is 24.0 Å². The van der Waals surface area contributed by atoms with Gasteiger partial charge >= 0.3 is 17.9 Å². The van der Waals surface area contributed by atoms with Gasteiger partial charge < -0.3 is 24.1 Å². The van der Waals surface area contributed by atoms with Crippen molar-refractivity contribution in [2.45, 2.75) is 63.9 Å². The number of hydrogen-bond donors (Lipinski definition) is 1. The van der Waals surface area contributed by atoms with E-state index in [-0.39, 0.29) is 29.9 Å². The van der Waals surface area contributed by atoms with Crippen molar-refractivity contribution in [3.63, 3.8) is 0 Å². The Morgan fingerprint density at radius 3 is 2.77 bits per heavy atom. The molecule has 0 aromatic rings. The van der Waals surface area contributed by atoms with Gasteiger partial charge in [-0.05, 0) is 25.2 Å². The molecule has 0 spiro atoms. The van der Waals surface area contributed by atoms with Crippen molar-refractivity contribution in [2.24, 2.45) is 23.7 Å². The molecule has 2 aliphatic carbocycles. The minimum Gasteiger partial charge on any atom is -0.492 e. The van der Waals surface area contributed by atoms with Gasteiger partial charge in [0.2, 0.25) is 0 Å². The summed E-state index contributed by atoms with van der Waals surface area (Å²) in [6.45, 7) is 8.58. The van der Waals surface area contributed by atoms with E-state index in [9.17, 15) is 19.5 Å². The standard InChI is InChI=1S/C22H28O8/c1-5-10(2)20(25)30-19-15-11(3)21(26)29-18(15)16-13-6-7-22(16,9-23)27-8-14(13)17(19)28-12(4)24/h8,10,13,15-19,23H,3,5-7,9H2,1-2,4H3/t10?,13?,15-,16?,17-,18-,19-,22+/m0/s1. The first-order chi connectivity index (χ1) is 14.2. The molecule has 0 aromatic carbocycles. The van der Waals surface area contributed by atoms with Crippen LogP contribution in [0, 0.1) is 23.7 Å². The Morgan fingerprint density at radius 1 is 1.40 bits per heavy atom. The molecule has 3 unspecified atom stereocenters. The van der Waals surface area contributed by atoms with Crippen LogP contribution in [0.3, 0.4) is 0 Å². The Morgan fingerprint density at radius 2 is 2.13 bits per heavy atom. The quantitative estimate of drug-likeness (QED) is 0.406. The summed E-state index contributed by atoms with van der Waals surface area (Å²) in [6, 6.07) is 0. The number of ether oxygens (including phenoxy) is 4. The summed E-state index contributed by atoms with van der Waals surface area (Å²) in [6.07, 6.45) is 0.800. The van der Waals surface area contributed by atoms with Crippen LogP contribution in [-0.2, 0) is 33.3 Å². The Balaban J connectivity index is 1.84. The third-order valence-electron chi connectivity index (χ3n) is 7.20. The van der Waals surface area contributed by atoms with Crippen LogP contribution in [0.5, 0.6) is 0 Å². The molecule has 0 radical (unpaired) electrons. The van der Waals surface area contributed by atoms with Crippen LogP contribution < -0.4 is 0 Å². The molecular weight excluding hydrogens is 392 g/mol. The number of fused-ring (bicyclic) bond motifs is 1. The Hall–Kier alpha value is -2.35. The van der Waals surface area contributed by atoms with Gasteiger partial charge in [0.05, 0.1) is 24.7 Å². The number of carbonyl (C=O) groups is 3. The molecule has 2 heterocycles. The maximum Gasteiger partial charge on any atom is 0.334 e. The van der Waals surface area contributed by atoms with Gasteiger partial charge in [-0.2, -0.15) is 0 Å². The van der Waals surface area contributed by atoms with Gasteiger partial charge in [-0.3, -0.25) is 9.59 Å². The highest BCUT2D eigenvalue weighted by atomic mass is 16.6. The molecular formula is C22H28O8. The van der Waals surface area contributed by atoms with E-state index in [1.54, 1.807) is 6.92 Å². The molecule has 8 nitrogen and oxygen atoms in total. The lowest BCUT2D eigenvalue weighted by molar-refractivity contribution is -0.172. The Bertz CT molecular complexity index is 816. The zero-order valence-electron chi connectivity index (χ0n) is 17.5. The van der Waals surface area contributed by atoms with Crippen molar-refractivity contribution in [1.29, 1.82) is 0 Å². The minimum absolute atomic E-state index is 0.131. The van der Waals surface area contributed by atoms with E-state index >= 15 is 0 Å². The monoisotopic (exact) mass is 420 g/mol. The fourth-order valence-electron chi connectivity index (χ4n) is 5.46. The predicted octanol–water partition coefficient (Wildman–Crippen LogP) is 1.66. The van der Waals surface area contributed by atoms with Crippen molar-refractivity contribution in [3.8, 4) is 0 Å². The SMILES string of the molecule is C=C1C(=O)O[C@@H]2C3C4CC[C@]3(CO)OC=C4[C@H](OC(C)=O)[C@@H](OC(=O)C(C)CC)[C@@H]12. The van der Waals surface area contributed by atoms with E-state index in [0.29, 0.717) is 24.8 Å². The minimum atomic E-state index is -0.964. The first-order valence-electron chi connectivity index (χ1n) is 10.5. The number of carbonyl (C=O) groups excluding carboxylic acids is 3. The lowest BCUT2D eigenvalue weighted by Gasteiger charge is -2.41. The fourth-order valence-corrected chi connectivity index (χ4v) is 5.46. The molecule has 164 valence electrons. The molecule has 30 heavy (non-hydrogen) atoms. The summed E-state index contributed by atoms with van der Waals surface area (Å²) >= 11 is 0. The first kappa shape index (κ1) is 20.9. The summed E-state index contributed by atoms with van der Waals surface area (Å²) in [5.74, 6) is -3.07. The van der Waals surface area contributed by atoms with Crippen LogP contribution in [0.25, 0.3) is 0 Å². The van der Waals surface area contributed by atoms with Crippen LogP contribution in [0.15, 0.2) is 24.0 Å². The average molecular weight is 420 g/mol. The maximum absolute atomic E-state index is 12.7. The number of esters is 3. The van der Waals surface area contributed by atoms with Crippen molar-refractivity contribution >= 4 is 17.9 Å². The van der Waals surface area contributed by atoms with Crippen LogP contribution in [0.2, 0.25) is 0 Å². The van der Waals surface area contributed by atoms with Crippen molar-refractivity contribution < 1.29 is 38.4 Å². The molecule has 2 saturated carbocycles. The smallest absolute Gasteiger partial charge is 0.334 e. The fraction of sp³-hybridized carbons (Fsp3) is 0.682. The summed E-state index contributed by atoms with van der Waals surface area (Å²) in [4.78, 5) is 37.2. The number of aliphatic hydroxyl groups excluding tert-OH is 1. The molecule has 3 fully saturated rings. The molecule has 1 N–H and O–H groups in total. The lowest BCUT2D eigenvalue weighted by atomic mass is 9.75. The first-order valence-corrected chi connectivity index (χ1v) is 10.5. The Labute approximate surface area is 175 Å². The second kappa shape index (κ2) is 7.41. The van der Waals surface area contributed by atoms with E-state index in [1.807, 2.05) is 6.92 Å². The van der Waals surface area contributed by atoms with Crippen LogP contribution in [0.1, 0.15) is 40.0 Å². The highest BCUT2D eigenvalue weighted by molar-refractivity contribution is 5.91. The molecule has 4 bridgehead atoms. The molecule has 0 amide bonds. The van der Waals surface area contributed by atoms with Gasteiger partial charge in [0, 0.05) is 24.0 Å². The molecule has 8 heteroatoms. The summed E-state index contributed by atoms with van der Waals surface area (Å²) in [5, 5.41) is 10.2. The number of rotatable bonds is 5. The second-order valence-electron chi connectivity index (χ2n) is 8.79. The third-order valence-corrected chi connectivity index (χ3v) is 7.20. The molecule has 0 aromatic heterocycles. The average Bonchev–Trinajstić information content (AvgIpc) is 3.13. The second-order valence-corrected chi connectivity index (χ2v) is 8.79. The number of aliphatic hydroxyl groups is 1. The summed E-state index contributed by atoms with van der Waals surface area (Å²) < 4.78 is 23.3. The van der Waals surface area contributed by atoms with Gasteiger partial charge in [0.15, 0.2) is 12.2 Å². The number of hydrogen-bond acceptors (Lipinski definition) is 8. The van der Waals surface area contributed by atoms with Gasteiger partial charge in [0.1, 0.15) is 11.7 Å². The lowest BCUT2D eigenvalue weighted by Crippen LogP contribution is -2.50. The highest BCUT2D eigenvalue weighted by Gasteiger charge is 2.67. The van der Waals surface area contributed by atoms with Gasteiger partial charge in [0.25, 0.3) is 0 Å². The molecule has 4 aliphatic rings. The highest BCUT2D eigenvalue weighted by Crippen LogP contribution is 2.59. The third kappa shape index (κ3) is 2.95. The molecule has 4 rings (SSSR count). The van der Waals surface area contributed by atoms with E-state index in [2.05, 4.69) is 6.58 Å². The largest absolute Gasteiger partial charge is 0.492 e. The van der Waals surface area contributed by atoms with Gasteiger partial charge in [-0.1, -0.05) is 20.4 Å². The Kier molecular flexibility index (Phi) is 5.16. The predicted molar refractivity (Wildman–Crippen MR) is 103 cm³/mol. The zero-order valence-corrected chi connectivity index (χ0v) is 17.5. The molecule has 2 aliphatic heterocycles. The van der Waals surface area contributed by atoms with Gasteiger partial charge in [-0.15, -0.1) is 0 Å². The van der Waals surface area contributed by atoms with E-state index in [4.69, 9.17) is 18.9 Å². The topological polar surface area (TPSA) is 108 Å². The van der Waals surface area contributed by atoms with Gasteiger partial charge in [-0.25, -0.2) is 4.79 Å². The molecule has 1 saturated heterocycles. The normalized spacial score (nSPS) is 39.8. The van der Waals surface area contributed by atoms with E-state index < -0.39 is 47.7 Å². The molecule has 8 atom stereocenters. The zero-order chi connectivity index (χ0) is 21.8. The van der Waals surface area contributed by atoms with Crippen molar-refractivity contribution in [2.75, 3.05) is 6.61 Å². The summed E-state index contributed by atoms with van der Waals surface area (Å²) in [5.41, 5.74) is -0.0185. The van der Waals surface area contributed by atoms with Crippen LogP contribution >= 0.6 is 0 Å². The maximum atomic E-state index is 12.7. The van der Waals surface area contributed by atoms with E-state index in [1.165, 1.54) is 13.2 Å². The van der Waals surface area contributed by atoms with E-state index in [0.717, 1.165) is 0 Å². The van der Waals surface area contributed by atoms with Crippen LogP contribution in [-0.4, -0.2) is 53.5 Å². The van der Waals surface area contributed by atoms with Crippen molar-refractivity contribution in [1.82, 2.24) is 0 Å². The summed E-state index contributed by atoms with van der Waals surface area (Å²) in [7, 11) is 0. The van der Waals surface area contributed by atoms with Crippen LogP contribution in [0.4, 0.5) is 0 Å².